The van der Waals surface area contributed by atoms with Crippen LogP contribution >= 0.6 is 0 Å². The molecule has 0 amide bonds. The van der Waals surface area contributed by atoms with Gasteiger partial charge >= 0.3 is 0 Å². The summed E-state index contributed by atoms with van der Waals surface area (Å²) in [7, 11) is 4.50. The van der Waals surface area contributed by atoms with Gasteiger partial charge in [0.15, 0.2) is 0 Å². The van der Waals surface area contributed by atoms with Crippen LogP contribution in [0.1, 0.15) is 20.3 Å². The summed E-state index contributed by atoms with van der Waals surface area (Å²) in [5, 5.41) is 0. The Morgan fingerprint density at radius 2 is 1.92 bits per heavy atom. The van der Waals surface area contributed by atoms with E-state index < -0.39 is 0 Å². The molecular formula is C10H23ClN2. The van der Waals surface area contributed by atoms with Gasteiger partial charge in [-0.25, -0.2) is 0 Å². The zero-order valence-electron chi connectivity index (χ0n) is 9.26. The molecule has 80 valence electrons. The van der Waals surface area contributed by atoms with Crippen molar-refractivity contribution in [1.29, 1.82) is 0 Å². The summed E-state index contributed by atoms with van der Waals surface area (Å²) in [4.78, 5) is 0. The molecule has 0 spiro atoms. The number of hydrogen-bond donors (Lipinski definition) is 1. The van der Waals surface area contributed by atoms with E-state index in [0.717, 1.165) is 24.0 Å². The minimum atomic E-state index is 0. The predicted octanol–water partition coefficient (Wildman–Crippen LogP) is -1.62. The lowest BCUT2D eigenvalue weighted by atomic mass is 10.2. The van der Waals surface area contributed by atoms with Gasteiger partial charge in [-0.15, -0.1) is 0 Å². The molecule has 0 aromatic heterocycles. The second-order valence-corrected chi connectivity index (χ2v) is 3.91. The molecule has 0 heterocycles. The van der Waals surface area contributed by atoms with Gasteiger partial charge in [0.25, 0.3) is 0 Å². The highest BCUT2D eigenvalue weighted by molar-refractivity contribution is 4.83. The minimum absolute atomic E-state index is 0. The lowest BCUT2D eigenvalue weighted by molar-refractivity contribution is -0.906. The topological polar surface area (TPSA) is 26.0 Å². The van der Waals surface area contributed by atoms with Crippen molar-refractivity contribution in [1.82, 2.24) is 0 Å². The van der Waals surface area contributed by atoms with Crippen LogP contribution in [-0.2, 0) is 0 Å². The van der Waals surface area contributed by atoms with E-state index in [0.29, 0.717) is 6.04 Å². The first-order valence-corrected chi connectivity index (χ1v) is 4.70. The number of rotatable bonds is 5. The number of hydrogen-bond acceptors (Lipinski definition) is 1. The fraction of sp³-hybridized carbons (Fsp3) is 0.800. The SMILES string of the molecule is CC=CC(C)[N+](C)(C)CCCN.[Cl-]. The van der Waals surface area contributed by atoms with Crippen LogP contribution in [0.2, 0.25) is 0 Å². The summed E-state index contributed by atoms with van der Waals surface area (Å²) in [6.45, 7) is 6.27. The van der Waals surface area contributed by atoms with E-state index in [-0.39, 0.29) is 12.4 Å². The average Bonchev–Trinajstić information content (AvgIpc) is 2.01. The first-order valence-electron chi connectivity index (χ1n) is 4.70. The van der Waals surface area contributed by atoms with Crippen LogP contribution in [-0.4, -0.2) is 37.7 Å². The maximum absolute atomic E-state index is 5.48. The van der Waals surface area contributed by atoms with Gasteiger partial charge in [-0.2, -0.15) is 0 Å². The largest absolute Gasteiger partial charge is 1.00 e. The van der Waals surface area contributed by atoms with Crippen molar-refractivity contribution in [3.05, 3.63) is 12.2 Å². The molecule has 0 saturated carbocycles. The molecule has 0 rings (SSSR count). The summed E-state index contributed by atoms with van der Waals surface area (Å²) < 4.78 is 1.03. The van der Waals surface area contributed by atoms with Gasteiger partial charge in [0.1, 0.15) is 6.04 Å². The van der Waals surface area contributed by atoms with Crippen molar-refractivity contribution in [2.45, 2.75) is 26.3 Å². The van der Waals surface area contributed by atoms with Gasteiger partial charge in [0.2, 0.25) is 0 Å². The molecule has 0 aromatic carbocycles. The molecule has 2 N–H and O–H groups in total. The standard InChI is InChI=1S/C10H23N2.ClH/c1-5-7-10(2)12(3,4)9-6-8-11;/h5,7,10H,6,8-9,11H2,1-4H3;1H/q+1;/p-1. The van der Waals surface area contributed by atoms with Gasteiger partial charge in [0, 0.05) is 6.42 Å². The van der Waals surface area contributed by atoms with Crippen LogP contribution in [0.3, 0.4) is 0 Å². The number of quaternary nitrogens is 1. The van der Waals surface area contributed by atoms with Gasteiger partial charge in [0.05, 0.1) is 20.6 Å². The Kier molecular flexibility index (Phi) is 8.74. The zero-order chi connectivity index (χ0) is 9.61. The monoisotopic (exact) mass is 206 g/mol. The second kappa shape index (κ2) is 7.36. The van der Waals surface area contributed by atoms with Crippen LogP contribution in [0.15, 0.2) is 12.2 Å². The van der Waals surface area contributed by atoms with Gasteiger partial charge < -0.3 is 22.6 Å². The molecule has 0 aliphatic carbocycles. The van der Waals surface area contributed by atoms with Crippen molar-refractivity contribution < 1.29 is 16.9 Å². The third kappa shape index (κ3) is 6.08. The highest BCUT2D eigenvalue weighted by atomic mass is 35.5. The van der Waals surface area contributed by atoms with E-state index in [2.05, 4.69) is 40.1 Å². The fourth-order valence-corrected chi connectivity index (χ4v) is 1.21. The molecule has 13 heavy (non-hydrogen) atoms. The molecule has 1 unspecified atom stereocenters. The van der Waals surface area contributed by atoms with Crippen molar-refractivity contribution in [2.75, 3.05) is 27.2 Å². The van der Waals surface area contributed by atoms with Crippen LogP contribution in [0.5, 0.6) is 0 Å². The Balaban J connectivity index is 0. The third-order valence-corrected chi connectivity index (χ3v) is 2.51. The summed E-state index contributed by atoms with van der Waals surface area (Å²) in [5.74, 6) is 0. The summed E-state index contributed by atoms with van der Waals surface area (Å²) in [6, 6.07) is 0.585. The number of likely N-dealkylation sites (N-methyl/N-ethyl adjacent to an activating group) is 1. The number of nitrogens with zero attached hydrogens (tertiary/aromatic N) is 1. The van der Waals surface area contributed by atoms with E-state index in [9.17, 15) is 0 Å². The molecule has 0 saturated heterocycles. The maximum atomic E-state index is 5.48. The fourth-order valence-electron chi connectivity index (χ4n) is 1.21. The Hall–Kier alpha value is -0.0500. The first kappa shape index (κ1) is 15.4. The molecule has 0 aromatic rings. The van der Waals surface area contributed by atoms with Gasteiger partial charge in [-0.1, -0.05) is 6.08 Å². The van der Waals surface area contributed by atoms with Crippen LogP contribution in [0, 0.1) is 0 Å². The number of nitrogens with two attached hydrogens (primary N) is 1. The Labute approximate surface area is 88.8 Å². The van der Waals surface area contributed by atoms with E-state index in [4.69, 9.17) is 5.73 Å². The lowest BCUT2D eigenvalue weighted by Gasteiger charge is -2.34. The highest BCUT2D eigenvalue weighted by Gasteiger charge is 2.19. The van der Waals surface area contributed by atoms with E-state index >= 15 is 0 Å². The van der Waals surface area contributed by atoms with Crippen molar-refractivity contribution in [2.24, 2.45) is 5.73 Å². The molecule has 0 aliphatic heterocycles. The highest BCUT2D eigenvalue weighted by Crippen LogP contribution is 2.08. The smallest absolute Gasteiger partial charge is 0.104 e. The Morgan fingerprint density at radius 1 is 1.38 bits per heavy atom. The quantitative estimate of drug-likeness (QED) is 0.425. The Morgan fingerprint density at radius 3 is 2.31 bits per heavy atom. The molecule has 2 nitrogen and oxygen atoms in total. The maximum Gasteiger partial charge on any atom is 0.104 e. The van der Waals surface area contributed by atoms with Gasteiger partial charge in [-0.3, -0.25) is 0 Å². The lowest BCUT2D eigenvalue weighted by Crippen LogP contribution is -3.00. The summed E-state index contributed by atoms with van der Waals surface area (Å²) in [5.41, 5.74) is 5.48. The predicted molar refractivity (Wildman–Crippen MR) is 54.9 cm³/mol. The molecular weight excluding hydrogens is 184 g/mol. The molecule has 0 fully saturated rings. The summed E-state index contributed by atoms with van der Waals surface area (Å²) >= 11 is 0. The van der Waals surface area contributed by atoms with Crippen LogP contribution in [0.25, 0.3) is 0 Å². The molecule has 0 bridgehead atoms. The van der Waals surface area contributed by atoms with Crippen molar-refractivity contribution >= 4 is 0 Å². The molecule has 3 heteroatoms. The average molecular weight is 207 g/mol. The minimum Gasteiger partial charge on any atom is -1.00 e. The van der Waals surface area contributed by atoms with Crippen molar-refractivity contribution in [3.63, 3.8) is 0 Å². The van der Waals surface area contributed by atoms with Crippen LogP contribution in [0.4, 0.5) is 0 Å². The van der Waals surface area contributed by atoms with E-state index in [1.807, 2.05) is 0 Å². The zero-order valence-corrected chi connectivity index (χ0v) is 10.0. The Bertz CT molecular complexity index is 144. The first-order chi connectivity index (χ1) is 5.54. The normalized spacial score (nSPS) is 14.2. The van der Waals surface area contributed by atoms with Gasteiger partial charge in [-0.05, 0) is 26.5 Å². The molecule has 0 aliphatic rings. The number of halogens is 1. The third-order valence-electron chi connectivity index (χ3n) is 2.51. The molecule has 1 atom stereocenters. The summed E-state index contributed by atoms with van der Waals surface area (Å²) in [6.07, 6.45) is 5.47. The van der Waals surface area contributed by atoms with E-state index in [1.54, 1.807) is 0 Å². The second-order valence-electron chi connectivity index (χ2n) is 3.91. The van der Waals surface area contributed by atoms with Crippen LogP contribution < -0.4 is 18.1 Å². The van der Waals surface area contributed by atoms with E-state index in [1.165, 1.54) is 0 Å². The molecule has 0 radical (unpaired) electrons. The van der Waals surface area contributed by atoms with Crippen molar-refractivity contribution in [3.8, 4) is 0 Å². The number of allylic oxidation sites excluding steroid dienone is 1.